The highest BCUT2D eigenvalue weighted by atomic mass is 16.5. The van der Waals surface area contributed by atoms with Gasteiger partial charge in [0.1, 0.15) is 6.54 Å². The van der Waals surface area contributed by atoms with E-state index in [0.29, 0.717) is 19.6 Å². The normalized spacial score (nSPS) is 9.62. The van der Waals surface area contributed by atoms with Gasteiger partial charge in [-0.1, -0.05) is 0 Å². The molecule has 90 valence electrons. The van der Waals surface area contributed by atoms with E-state index in [9.17, 15) is 9.59 Å². The average Bonchev–Trinajstić information content (AvgIpc) is 2.24. The Kier molecular flexibility index (Phi) is 7.81. The second kappa shape index (κ2) is 8.68. The lowest BCUT2D eigenvalue weighted by Crippen LogP contribution is -2.40. The second-order valence-electron chi connectivity index (χ2n) is 3.37. The first-order valence-corrected chi connectivity index (χ1v) is 5.12. The molecule has 16 heavy (non-hydrogen) atoms. The highest BCUT2D eigenvalue weighted by Gasteiger charge is 2.11. The Labute approximate surface area is 95.0 Å². The maximum absolute atomic E-state index is 11.1. The fraction of sp³-hybridized carbons (Fsp3) is 0.700. The summed E-state index contributed by atoms with van der Waals surface area (Å²) in [4.78, 5) is 22.0. The lowest BCUT2D eigenvalue weighted by Gasteiger charge is -2.07. The predicted molar refractivity (Wildman–Crippen MR) is 57.3 cm³/mol. The van der Waals surface area contributed by atoms with Crippen LogP contribution in [0.2, 0.25) is 0 Å². The van der Waals surface area contributed by atoms with Gasteiger partial charge >= 0.3 is 11.8 Å². The molecule has 0 unspecified atom stereocenters. The van der Waals surface area contributed by atoms with Crippen LogP contribution in [-0.2, 0) is 14.3 Å². The largest absolute Gasteiger partial charge is 0.379 e. The van der Waals surface area contributed by atoms with Gasteiger partial charge in [0.25, 0.3) is 0 Å². The zero-order chi connectivity index (χ0) is 12.4. The molecule has 0 fully saturated rings. The standard InChI is InChI=1S/C10H17N3O3/c1-8(2)16-7-3-5-12-9(14)10(15)13-6-4-11/h8H,3,5-7H2,1-2H3,(H,12,14)(H,13,15). The Morgan fingerprint density at radius 2 is 1.94 bits per heavy atom. The smallest absolute Gasteiger partial charge is 0.310 e. The van der Waals surface area contributed by atoms with Gasteiger partial charge in [-0.3, -0.25) is 9.59 Å². The van der Waals surface area contributed by atoms with Crippen LogP contribution >= 0.6 is 0 Å². The molecule has 2 amide bonds. The summed E-state index contributed by atoms with van der Waals surface area (Å²) in [6.45, 7) is 4.60. The molecule has 0 spiro atoms. The van der Waals surface area contributed by atoms with Crippen LogP contribution < -0.4 is 10.6 Å². The first kappa shape index (κ1) is 14.4. The van der Waals surface area contributed by atoms with E-state index >= 15 is 0 Å². The minimum Gasteiger partial charge on any atom is -0.379 e. The number of hydrogen-bond acceptors (Lipinski definition) is 4. The molecular weight excluding hydrogens is 210 g/mol. The van der Waals surface area contributed by atoms with Crippen LogP contribution in [0.15, 0.2) is 0 Å². The van der Waals surface area contributed by atoms with Crippen molar-refractivity contribution in [3.8, 4) is 6.07 Å². The molecule has 0 aliphatic carbocycles. The van der Waals surface area contributed by atoms with E-state index in [0.717, 1.165) is 0 Å². The van der Waals surface area contributed by atoms with Crippen molar-refractivity contribution in [3.63, 3.8) is 0 Å². The van der Waals surface area contributed by atoms with Crippen molar-refractivity contribution >= 4 is 11.8 Å². The lowest BCUT2D eigenvalue weighted by atomic mass is 10.4. The first-order chi connectivity index (χ1) is 7.57. The summed E-state index contributed by atoms with van der Waals surface area (Å²) in [7, 11) is 0. The molecule has 2 N–H and O–H groups in total. The van der Waals surface area contributed by atoms with E-state index < -0.39 is 11.8 Å². The van der Waals surface area contributed by atoms with E-state index in [2.05, 4.69) is 10.6 Å². The van der Waals surface area contributed by atoms with Crippen LogP contribution in [0, 0.1) is 11.3 Å². The highest BCUT2D eigenvalue weighted by Crippen LogP contribution is 1.88. The molecule has 0 aliphatic rings. The van der Waals surface area contributed by atoms with Crippen molar-refractivity contribution in [1.29, 1.82) is 5.26 Å². The maximum atomic E-state index is 11.1. The van der Waals surface area contributed by atoms with Gasteiger partial charge in [-0.2, -0.15) is 5.26 Å². The highest BCUT2D eigenvalue weighted by molar-refractivity contribution is 6.35. The van der Waals surface area contributed by atoms with E-state index in [4.69, 9.17) is 10.00 Å². The third-order valence-electron chi connectivity index (χ3n) is 1.59. The molecule has 0 atom stereocenters. The number of carbonyl (C=O) groups excluding carboxylic acids is 2. The Morgan fingerprint density at radius 1 is 1.31 bits per heavy atom. The Bertz CT molecular complexity index is 271. The van der Waals surface area contributed by atoms with Crippen molar-refractivity contribution in [2.24, 2.45) is 0 Å². The number of hydrogen-bond donors (Lipinski definition) is 2. The van der Waals surface area contributed by atoms with Crippen molar-refractivity contribution < 1.29 is 14.3 Å². The number of ether oxygens (including phenoxy) is 1. The third kappa shape index (κ3) is 7.76. The minimum absolute atomic E-state index is 0.162. The fourth-order valence-electron chi connectivity index (χ4n) is 0.873. The summed E-state index contributed by atoms with van der Waals surface area (Å²) in [5.74, 6) is -1.51. The number of nitrogens with one attached hydrogen (secondary N) is 2. The van der Waals surface area contributed by atoms with Crippen LogP contribution in [0.25, 0.3) is 0 Å². The fourth-order valence-corrected chi connectivity index (χ4v) is 0.873. The van der Waals surface area contributed by atoms with Crippen LogP contribution in [0.1, 0.15) is 20.3 Å². The molecule has 0 aromatic rings. The summed E-state index contributed by atoms with van der Waals surface area (Å²) < 4.78 is 5.25. The topological polar surface area (TPSA) is 91.2 Å². The third-order valence-corrected chi connectivity index (χ3v) is 1.59. The van der Waals surface area contributed by atoms with Crippen molar-refractivity contribution in [2.75, 3.05) is 19.7 Å². The van der Waals surface area contributed by atoms with Crippen LogP contribution in [0.4, 0.5) is 0 Å². The maximum Gasteiger partial charge on any atom is 0.310 e. The van der Waals surface area contributed by atoms with E-state index in [-0.39, 0.29) is 12.6 Å². The molecule has 0 aliphatic heterocycles. The number of carbonyl (C=O) groups is 2. The van der Waals surface area contributed by atoms with Gasteiger partial charge in [0.05, 0.1) is 12.2 Å². The molecule has 0 saturated carbocycles. The predicted octanol–water partition coefficient (Wildman–Crippen LogP) is -0.443. The molecule has 0 saturated heterocycles. The van der Waals surface area contributed by atoms with Crippen LogP contribution in [-0.4, -0.2) is 37.6 Å². The summed E-state index contributed by atoms with van der Waals surface area (Å²) >= 11 is 0. The number of rotatable bonds is 6. The van der Waals surface area contributed by atoms with Crippen molar-refractivity contribution in [1.82, 2.24) is 10.6 Å². The van der Waals surface area contributed by atoms with Gasteiger partial charge in [0, 0.05) is 13.2 Å². The minimum atomic E-state index is -0.786. The summed E-state index contributed by atoms with van der Waals surface area (Å²) in [5.41, 5.74) is 0. The molecular formula is C10H17N3O3. The summed E-state index contributed by atoms with van der Waals surface area (Å²) in [6.07, 6.45) is 0.810. The van der Waals surface area contributed by atoms with Crippen molar-refractivity contribution in [3.05, 3.63) is 0 Å². The van der Waals surface area contributed by atoms with E-state index in [1.165, 1.54) is 0 Å². The summed E-state index contributed by atoms with van der Waals surface area (Å²) in [5, 5.41) is 12.8. The molecule has 0 rings (SSSR count). The van der Waals surface area contributed by atoms with Gasteiger partial charge in [-0.15, -0.1) is 0 Å². The number of amides is 2. The molecule has 6 heteroatoms. The van der Waals surface area contributed by atoms with Gasteiger partial charge < -0.3 is 15.4 Å². The number of nitrogens with zero attached hydrogens (tertiary/aromatic N) is 1. The van der Waals surface area contributed by atoms with E-state index in [1.807, 2.05) is 13.8 Å². The Hall–Kier alpha value is -1.61. The summed E-state index contributed by atoms with van der Waals surface area (Å²) in [6, 6.07) is 1.71. The Morgan fingerprint density at radius 3 is 2.50 bits per heavy atom. The van der Waals surface area contributed by atoms with Crippen LogP contribution in [0.5, 0.6) is 0 Å². The van der Waals surface area contributed by atoms with Crippen LogP contribution in [0.3, 0.4) is 0 Å². The first-order valence-electron chi connectivity index (χ1n) is 5.12. The van der Waals surface area contributed by atoms with Gasteiger partial charge in [0.2, 0.25) is 0 Å². The molecule has 0 radical (unpaired) electrons. The molecule has 0 heterocycles. The number of nitriles is 1. The quantitative estimate of drug-likeness (QED) is 0.365. The SMILES string of the molecule is CC(C)OCCCNC(=O)C(=O)NCC#N. The zero-order valence-electron chi connectivity index (χ0n) is 9.58. The van der Waals surface area contributed by atoms with Gasteiger partial charge in [-0.25, -0.2) is 0 Å². The second-order valence-corrected chi connectivity index (χ2v) is 3.37. The molecule has 0 aromatic carbocycles. The average molecular weight is 227 g/mol. The van der Waals surface area contributed by atoms with E-state index in [1.54, 1.807) is 6.07 Å². The molecule has 6 nitrogen and oxygen atoms in total. The van der Waals surface area contributed by atoms with Gasteiger partial charge in [-0.05, 0) is 20.3 Å². The molecule has 0 bridgehead atoms. The van der Waals surface area contributed by atoms with Crippen molar-refractivity contribution in [2.45, 2.75) is 26.4 Å². The monoisotopic (exact) mass is 227 g/mol. The Balaban J connectivity index is 3.51. The molecule has 0 aromatic heterocycles. The van der Waals surface area contributed by atoms with Gasteiger partial charge in [0.15, 0.2) is 0 Å². The zero-order valence-corrected chi connectivity index (χ0v) is 9.58. The lowest BCUT2D eigenvalue weighted by molar-refractivity contribution is -0.139.